The molecule has 4 nitrogen and oxygen atoms in total. The number of esters is 1. The molecule has 0 N–H and O–H groups in total. The molecule has 0 radical (unpaired) electrons. The molecule has 1 amide bonds. The number of rotatable bonds is 3. The van der Waals surface area contributed by atoms with E-state index in [1.165, 1.54) is 18.4 Å². The fraction of sp³-hybridized carbons (Fsp3) is 0.333. The summed E-state index contributed by atoms with van der Waals surface area (Å²) in [5, 5.41) is 1.90. The van der Waals surface area contributed by atoms with Crippen molar-refractivity contribution in [2.75, 3.05) is 20.2 Å². The molecule has 0 saturated carbocycles. The number of hydrogen-bond donors (Lipinski definition) is 0. The van der Waals surface area contributed by atoms with Gasteiger partial charge in [-0.05, 0) is 29.9 Å². The molecule has 1 aliphatic heterocycles. The van der Waals surface area contributed by atoms with Crippen molar-refractivity contribution >= 4 is 23.2 Å². The van der Waals surface area contributed by atoms with Gasteiger partial charge in [-0.3, -0.25) is 9.59 Å². The summed E-state index contributed by atoms with van der Waals surface area (Å²) in [6, 6.07) is 13.5. The van der Waals surface area contributed by atoms with Gasteiger partial charge in [0, 0.05) is 13.1 Å². The molecule has 120 valence electrons. The van der Waals surface area contributed by atoms with Crippen LogP contribution in [-0.4, -0.2) is 37.0 Å². The van der Waals surface area contributed by atoms with E-state index in [0.29, 0.717) is 25.9 Å². The van der Waals surface area contributed by atoms with Crippen molar-refractivity contribution in [2.24, 2.45) is 0 Å². The first-order valence-corrected chi connectivity index (χ1v) is 8.52. The van der Waals surface area contributed by atoms with Crippen LogP contribution in [0.2, 0.25) is 0 Å². The van der Waals surface area contributed by atoms with Crippen molar-refractivity contribution in [3.63, 3.8) is 0 Å². The van der Waals surface area contributed by atoms with Crippen molar-refractivity contribution in [1.82, 2.24) is 4.90 Å². The first kappa shape index (κ1) is 15.7. The summed E-state index contributed by atoms with van der Waals surface area (Å²) >= 11 is 1.45. The summed E-state index contributed by atoms with van der Waals surface area (Å²) in [5.74, 6) is -0.168. The monoisotopic (exact) mass is 329 g/mol. The van der Waals surface area contributed by atoms with Crippen molar-refractivity contribution in [2.45, 2.75) is 18.3 Å². The average molecular weight is 329 g/mol. The topological polar surface area (TPSA) is 46.6 Å². The van der Waals surface area contributed by atoms with Gasteiger partial charge in [-0.25, -0.2) is 0 Å². The normalized spacial score (nSPS) is 16.8. The number of carbonyl (C=O) groups is 2. The Hall–Kier alpha value is -2.14. The molecular weight excluding hydrogens is 310 g/mol. The van der Waals surface area contributed by atoms with Crippen LogP contribution in [0.25, 0.3) is 0 Å². The Morgan fingerprint density at radius 3 is 2.35 bits per heavy atom. The molecule has 1 fully saturated rings. The lowest BCUT2D eigenvalue weighted by atomic mass is 9.72. The Balaban J connectivity index is 1.81. The maximum absolute atomic E-state index is 12.5. The van der Waals surface area contributed by atoms with Gasteiger partial charge in [-0.15, -0.1) is 11.3 Å². The van der Waals surface area contributed by atoms with E-state index in [1.54, 1.807) is 0 Å². The average Bonchev–Trinajstić information content (AvgIpc) is 3.16. The molecule has 0 bridgehead atoms. The van der Waals surface area contributed by atoms with Crippen molar-refractivity contribution in [3.05, 3.63) is 58.3 Å². The maximum Gasteiger partial charge on any atom is 0.316 e. The minimum absolute atomic E-state index is 0.0477. The van der Waals surface area contributed by atoms with Crippen LogP contribution in [0, 0.1) is 0 Å². The molecule has 0 atom stereocenters. The van der Waals surface area contributed by atoms with Gasteiger partial charge in [0.2, 0.25) is 0 Å². The first-order valence-electron chi connectivity index (χ1n) is 7.64. The Kier molecular flexibility index (Phi) is 4.48. The Bertz CT molecular complexity index is 674. The van der Waals surface area contributed by atoms with E-state index in [0.717, 1.165) is 10.4 Å². The van der Waals surface area contributed by atoms with E-state index in [4.69, 9.17) is 4.74 Å². The van der Waals surface area contributed by atoms with Crippen molar-refractivity contribution in [1.29, 1.82) is 0 Å². The van der Waals surface area contributed by atoms with Crippen LogP contribution in [0.3, 0.4) is 0 Å². The van der Waals surface area contributed by atoms with Crippen molar-refractivity contribution < 1.29 is 14.3 Å². The summed E-state index contributed by atoms with van der Waals surface area (Å²) < 4.78 is 5.08. The van der Waals surface area contributed by atoms with Crippen LogP contribution in [-0.2, 0) is 14.9 Å². The largest absolute Gasteiger partial charge is 0.468 e. The molecule has 1 saturated heterocycles. The predicted octanol–water partition coefficient (Wildman–Crippen LogP) is 3.10. The van der Waals surface area contributed by atoms with Gasteiger partial charge >= 0.3 is 5.97 Å². The van der Waals surface area contributed by atoms with Crippen molar-refractivity contribution in [3.8, 4) is 0 Å². The number of piperidine rings is 1. The van der Waals surface area contributed by atoms with Crippen LogP contribution in [0.15, 0.2) is 47.8 Å². The smallest absolute Gasteiger partial charge is 0.316 e. The van der Waals surface area contributed by atoms with Gasteiger partial charge in [-0.1, -0.05) is 36.4 Å². The first-order chi connectivity index (χ1) is 11.2. The molecule has 0 unspecified atom stereocenters. The molecule has 2 aromatic rings. The zero-order valence-electron chi connectivity index (χ0n) is 13.0. The van der Waals surface area contributed by atoms with Crippen LogP contribution in [0.5, 0.6) is 0 Å². The second-order valence-corrected chi connectivity index (χ2v) is 6.66. The maximum atomic E-state index is 12.5. The number of ether oxygens (including phenoxy) is 1. The van der Waals surface area contributed by atoms with Gasteiger partial charge in [0.1, 0.15) is 0 Å². The summed E-state index contributed by atoms with van der Waals surface area (Å²) in [6.07, 6.45) is 1.17. The highest BCUT2D eigenvalue weighted by molar-refractivity contribution is 7.12. The van der Waals surface area contributed by atoms with E-state index in [-0.39, 0.29) is 11.9 Å². The molecular formula is C18H19NO3S. The van der Waals surface area contributed by atoms with Gasteiger partial charge in [-0.2, -0.15) is 0 Å². The van der Waals surface area contributed by atoms with Gasteiger partial charge in [0.25, 0.3) is 5.91 Å². The Morgan fingerprint density at radius 1 is 1.09 bits per heavy atom. The summed E-state index contributed by atoms with van der Waals surface area (Å²) in [6.45, 7) is 1.11. The van der Waals surface area contributed by atoms with Gasteiger partial charge in [0.15, 0.2) is 0 Å². The molecule has 3 rings (SSSR count). The minimum Gasteiger partial charge on any atom is -0.468 e. The van der Waals surface area contributed by atoms with E-state index >= 15 is 0 Å². The molecule has 0 aliphatic carbocycles. The SMILES string of the molecule is COC(=O)C1(c2ccccc2)CCN(C(=O)c2cccs2)CC1. The number of carbonyl (C=O) groups excluding carboxylic acids is 2. The van der Waals surface area contributed by atoms with Gasteiger partial charge < -0.3 is 9.64 Å². The molecule has 23 heavy (non-hydrogen) atoms. The number of likely N-dealkylation sites (tertiary alicyclic amines) is 1. The lowest BCUT2D eigenvalue weighted by Crippen LogP contribution is -2.49. The minimum atomic E-state index is -0.651. The lowest BCUT2D eigenvalue weighted by Gasteiger charge is -2.39. The fourth-order valence-electron chi connectivity index (χ4n) is 3.21. The van der Waals surface area contributed by atoms with Crippen LogP contribution >= 0.6 is 11.3 Å². The van der Waals surface area contributed by atoms with E-state index < -0.39 is 5.41 Å². The molecule has 1 aliphatic rings. The Labute approximate surface area is 139 Å². The summed E-state index contributed by atoms with van der Waals surface area (Å²) in [7, 11) is 1.43. The molecule has 2 heterocycles. The van der Waals surface area contributed by atoms with Crippen LogP contribution in [0.1, 0.15) is 28.1 Å². The zero-order valence-corrected chi connectivity index (χ0v) is 13.8. The number of thiophene rings is 1. The van der Waals surface area contributed by atoms with Gasteiger partial charge in [0.05, 0.1) is 17.4 Å². The second kappa shape index (κ2) is 6.54. The second-order valence-electron chi connectivity index (χ2n) is 5.71. The van der Waals surface area contributed by atoms with Crippen LogP contribution < -0.4 is 0 Å². The highest BCUT2D eigenvalue weighted by atomic mass is 32.1. The van der Waals surface area contributed by atoms with E-state index in [2.05, 4.69) is 0 Å². The number of methoxy groups -OCH3 is 1. The van der Waals surface area contributed by atoms with E-state index in [9.17, 15) is 9.59 Å². The Morgan fingerprint density at radius 2 is 1.78 bits per heavy atom. The molecule has 0 spiro atoms. The third-order valence-electron chi connectivity index (χ3n) is 4.54. The molecule has 1 aromatic heterocycles. The highest BCUT2D eigenvalue weighted by Gasteiger charge is 2.44. The number of nitrogens with zero attached hydrogens (tertiary/aromatic N) is 1. The van der Waals surface area contributed by atoms with Crippen LogP contribution in [0.4, 0.5) is 0 Å². The lowest BCUT2D eigenvalue weighted by molar-refractivity contribution is -0.149. The number of hydrogen-bond acceptors (Lipinski definition) is 4. The summed E-state index contributed by atoms with van der Waals surface area (Å²) in [5.41, 5.74) is 0.317. The predicted molar refractivity (Wildman–Crippen MR) is 89.6 cm³/mol. The third kappa shape index (κ3) is 2.88. The third-order valence-corrected chi connectivity index (χ3v) is 5.40. The summed E-state index contributed by atoms with van der Waals surface area (Å²) in [4.78, 5) is 27.5. The molecule has 1 aromatic carbocycles. The fourth-order valence-corrected chi connectivity index (χ4v) is 3.90. The number of benzene rings is 1. The van der Waals surface area contributed by atoms with E-state index in [1.807, 2.05) is 52.7 Å². The highest BCUT2D eigenvalue weighted by Crippen LogP contribution is 2.37. The standard InChI is InChI=1S/C18H19NO3S/c1-22-17(21)18(14-6-3-2-4-7-14)9-11-19(12-10-18)16(20)15-8-5-13-23-15/h2-8,13H,9-12H2,1H3. The number of amides is 1. The molecule has 5 heteroatoms. The quantitative estimate of drug-likeness (QED) is 0.813. The zero-order chi connectivity index (χ0) is 16.3.